The van der Waals surface area contributed by atoms with E-state index < -0.39 is 0 Å². The molecule has 0 bridgehead atoms. The van der Waals surface area contributed by atoms with E-state index in [1.807, 2.05) is 60.7 Å². The Morgan fingerprint density at radius 2 is 1.57 bits per heavy atom. The SMILES string of the molecule is O=C(/C=C\c1cccc2ccccc12)Nc1ccccc1C(=O)NC1CCCCC1. The predicted molar refractivity (Wildman–Crippen MR) is 122 cm³/mol. The second kappa shape index (κ2) is 9.40. The second-order valence-corrected chi connectivity index (χ2v) is 7.74. The number of carbonyl (C=O) groups is 2. The van der Waals surface area contributed by atoms with Crippen LogP contribution >= 0.6 is 0 Å². The van der Waals surface area contributed by atoms with Gasteiger partial charge in [-0.25, -0.2) is 0 Å². The van der Waals surface area contributed by atoms with Crippen LogP contribution in [0.4, 0.5) is 5.69 Å². The zero-order chi connectivity index (χ0) is 20.8. The predicted octanol–water partition coefficient (Wildman–Crippen LogP) is 5.55. The lowest BCUT2D eigenvalue weighted by atomic mass is 9.95. The molecular formula is C26H26N2O2. The summed E-state index contributed by atoms with van der Waals surface area (Å²) in [6.07, 6.45) is 8.91. The monoisotopic (exact) mass is 398 g/mol. The van der Waals surface area contributed by atoms with Crippen molar-refractivity contribution >= 4 is 34.4 Å². The highest BCUT2D eigenvalue weighted by atomic mass is 16.2. The molecule has 3 aromatic rings. The van der Waals surface area contributed by atoms with Gasteiger partial charge in [-0.15, -0.1) is 0 Å². The third kappa shape index (κ3) is 4.77. The van der Waals surface area contributed by atoms with Crippen LogP contribution < -0.4 is 10.6 Å². The van der Waals surface area contributed by atoms with E-state index in [1.165, 1.54) is 12.5 Å². The third-order valence-electron chi connectivity index (χ3n) is 5.61. The van der Waals surface area contributed by atoms with Crippen molar-refractivity contribution in [2.45, 2.75) is 38.1 Å². The lowest BCUT2D eigenvalue weighted by molar-refractivity contribution is -0.111. The summed E-state index contributed by atoms with van der Waals surface area (Å²) in [7, 11) is 0. The van der Waals surface area contributed by atoms with Gasteiger partial charge in [0.15, 0.2) is 0 Å². The number of benzene rings is 3. The molecule has 0 aromatic heterocycles. The number of amides is 2. The zero-order valence-electron chi connectivity index (χ0n) is 16.9. The molecule has 4 nitrogen and oxygen atoms in total. The average Bonchev–Trinajstić information content (AvgIpc) is 2.78. The molecule has 0 atom stereocenters. The van der Waals surface area contributed by atoms with Gasteiger partial charge < -0.3 is 10.6 Å². The Hall–Kier alpha value is -3.40. The highest BCUT2D eigenvalue weighted by molar-refractivity contribution is 6.08. The Balaban J connectivity index is 1.47. The molecule has 4 heteroatoms. The van der Waals surface area contributed by atoms with E-state index in [-0.39, 0.29) is 17.9 Å². The summed E-state index contributed by atoms with van der Waals surface area (Å²) in [5.74, 6) is -0.392. The van der Waals surface area contributed by atoms with Crippen LogP contribution in [0.3, 0.4) is 0 Å². The fourth-order valence-corrected chi connectivity index (χ4v) is 4.04. The molecule has 0 heterocycles. The van der Waals surface area contributed by atoms with Crippen LogP contribution in [0.5, 0.6) is 0 Å². The first kappa shape index (κ1) is 19.9. The van der Waals surface area contributed by atoms with Crippen LogP contribution in [0.1, 0.15) is 48.0 Å². The van der Waals surface area contributed by atoms with E-state index in [9.17, 15) is 9.59 Å². The topological polar surface area (TPSA) is 58.2 Å². The number of fused-ring (bicyclic) bond motifs is 1. The molecular weight excluding hydrogens is 372 g/mol. The molecule has 1 aliphatic rings. The molecule has 0 saturated heterocycles. The van der Waals surface area contributed by atoms with Crippen molar-refractivity contribution in [3.63, 3.8) is 0 Å². The summed E-state index contributed by atoms with van der Waals surface area (Å²) in [4.78, 5) is 25.3. The van der Waals surface area contributed by atoms with E-state index in [1.54, 1.807) is 12.1 Å². The van der Waals surface area contributed by atoms with Gasteiger partial charge in [0, 0.05) is 12.1 Å². The van der Waals surface area contributed by atoms with Crippen LogP contribution in [-0.2, 0) is 4.79 Å². The molecule has 3 aromatic carbocycles. The van der Waals surface area contributed by atoms with Crippen LogP contribution in [0.25, 0.3) is 16.8 Å². The minimum Gasteiger partial charge on any atom is -0.349 e. The molecule has 4 rings (SSSR count). The van der Waals surface area contributed by atoms with Crippen LogP contribution in [0.15, 0.2) is 72.8 Å². The van der Waals surface area contributed by atoms with Crippen molar-refractivity contribution in [3.05, 3.63) is 83.9 Å². The largest absolute Gasteiger partial charge is 0.349 e. The fourth-order valence-electron chi connectivity index (χ4n) is 4.04. The number of nitrogens with one attached hydrogen (secondary N) is 2. The lowest BCUT2D eigenvalue weighted by Crippen LogP contribution is -2.36. The summed E-state index contributed by atoms with van der Waals surface area (Å²) in [6, 6.07) is 21.5. The van der Waals surface area contributed by atoms with Gasteiger partial charge in [0.25, 0.3) is 5.91 Å². The van der Waals surface area contributed by atoms with Crippen molar-refractivity contribution in [1.82, 2.24) is 5.32 Å². The van der Waals surface area contributed by atoms with Crippen LogP contribution in [0.2, 0.25) is 0 Å². The Kier molecular flexibility index (Phi) is 6.23. The fraction of sp³-hybridized carbons (Fsp3) is 0.231. The summed E-state index contributed by atoms with van der Waals surface area (Å²) in [5, 5.41) is 8.20. The van der Waals surface area contributed by atoms with Gasteiger partial charge in [0.1, 0.15) is 0 Å². The molecule has 0 radical (unpaired) electrons. The minimum atomic E-state index is -0.263. The third-order valence-corrected chi connectivity index (χ3v) is 5.61. The highest BCUT2D eigenvalue weighted by Gasteiger charge is 2.18. The van der Waals surface area contributed by atoms with Gasteiger partial charge in [-0.2, -0.15) is 0 Å². The number of hydrogen-bond donors (Lipinski definition) is 2. The maximum Gasteiger partial charge on any atom is 0.253 e. The van der Waals surface area contributed by atoms with Gasteiger partial charge in [0.05, 0.1) is 11.3 Å². The van der Waals surface area contributed by atoms with Gasteiger partial charge in [-0.1, -0.05) is 73.9 Å². The van der Waals surface area contributed by atoms with Crippen molar-refractivity contribution in [2.75, 3.05) is 5.32 Å². The van der Waals surface area contributed by atoms with Gasteiger partial charge in [-0.3, -0.25) is 9.59 Å². The number of hydrogen-bond acceptors (Lipinski definition) is 2. The van der Waals surface area contributed by atoms with E-state index in [0.29, 0.717) is 11.3 Å². The highest BCUT2D eigenvalue weighted by Crippen LogP contribution is 2.21. The van der Waals surface area contributed by atoms with Crippen molar-refractivity contribution in [3.8, 4) is 0 Å². The van der Waals surface area contributed by atoms with E-state index >= 15 is 0 Å². The molecule has 0 aliphatic heterocycles. The second-order valence-electron chi connectivity index (χ2n) is 7.74. The summed E-state index contributed by atoms with van der Waals surface area (Å²) in [6.45, 7) is 0. The maximum absolute atomic E-state index is 12.8. The zero-order valence-corrected chi connectivity index (χ0v) is 16.9. The number of anilines is 1. The Morgan fingerprint density at radius 3 is 2.43 bits per heavy atom. The Morgan fingerprint density at radius 1 is 0.833 bits per heavy atom. The maximum atomic E-state index is 12.8. The first-order chi connectivity index (χ1) is 14.7. The lowest BCUT2D eigenvalue weighted by Gasteiger charge is -2.23. The van der Waals surface area contributed by atoms with Crippen LogP contribution in [0, 0.1) is 0 Å². The number of para-hydroxylation sites is 1. The molecule has 152 valence electrons. The molecule has 0 spiro atoms. The molecule has 2 amide bonds. The molecule has 1 fully saturated rings. The Bertz CT molecular complexity index is 1080. The van der Waals surface area contributed by atoms with E-state index in [0.717, 1.165) is 42.0 Å². The summed E-state index contributed by atoms with van der Waals surface area (Å²) < 4.78 is 0. The van der Waals surface area contributed by atoms with Crippen LogP contribution in [-0.4, -0.2) is 17.9 Å². The molecule has 1 saturated carbocycles. The van der Waals surface area contributed by atoms with Gasteiger partial charge in [0.2, 0.25) is 5.91 Å². The smallest absolute Gasteiger partial charge is 0.253 e. The van der Waals surface area contributed by atoms with E-state index in [4.69, 9.17) is 0 Å². The van der Waals surface area contributed by atoms with Gasteiger partial charge >= 0.3 is 0 Å². The molecule has 1 aliphatic carbocycles. The summed E-state index contributed by atoms with van der Waals surface area (Å²) >= 11 is 0. The molecule has 30 heavy (non-hydrogen) atoms. The standard InChI is InChI=1S/C26H26N2O2/c29-25(18-17-20-11-8-10-19-9-4-5-14-22(19)20)28-24-16-7-6-15-23(24)26(30)27-21-12-2-1-3-13-21/h4-11,14-18,21H,1-3,12-13H2,(H,27,30)(H,28,29)/b18-17-. The minimum absolute atomic E-state index is 0.129. The first-order valence-corrected chi connectivity index (χ1v) is 10.6. The molecule has 0 unspecified atom stereocenters. The number of carbonyl (C=O) groups excluding carboxylic acids is 2. The van der Waals surface area contributed by atoms with E-state index in [2.05, 4.69) is 10.6 Å². The van der Waals surface area contributed by atoms with Crippen molar-refractivity contribution in [1.29, 1.82) is 0 Å². The Labute approximate surface area is 177 Å². The summed E-state index contributed by atoms with van der Waals surface area (Å²) in [5.41, 5.74) is 2.00. The average molecular weight is 399 g/mol. The normalized spacial score (nSPS) is 14.7. The van der Waals surface area contributed by atoms with Crippen molar-refractivity contribution in [2.24, 2.45) is 0 Å². The van der Waals surface area contributed by atoms with Crippen molar-refractivity contribution < 1.29 is 9.59 Å². The molecule has 2 N–H and O–H groups in total. The quantitative estimate of drug-likeness (QED) is 0.553. The number of rotatable bonds is 5. The van der Waals surface area contributed by atoms with Gasteiger partial charge in [-0.05, 0) is 47.4 Å². The first-order valence-electron chi connectivity index (χ1n) is 10.6.